The third kappa shape index (κ3) is 17.9. The van der Waals surface area contributed by atoms with Crippen LogP contribution in [0.2, 0.25) is 0 Å². The molecule has 0 bridgehead atoms. The molecule has 6 aliphatic heterocycles. The highest BCUT2D eigenvalue weighted by molar-refractivity contribution is 8.76. The van der Waals surface area contributed by atoms with Crippen LogP contribution in [0.5, 0.6) is 0 Å². The first-order valence-corrected chi connectivity index (χ1v) is 37.5. The van der Waals surface area contributed by atoms with Gasteiger partial charge < -0.3 is 81.4 Å². The lowest BCUT2D eigenvalue weighted by Gasteiger charge is -2.50. The molecule has 6 fully saturated rings. The quantitative estimate of drug-likeness (QED) is 0.0256. The number of fused-ring (bicyclic) bond motifs is 1. The predicted molar refractivity (Wildman–Crippen MR) is 369 cm³/mol. The molecule has 96 heavy (non-hydrogen) atoms. The van der Waals surface area contributed by atoms with Crippen molar-refractivity contribution in [2.24, 2.45) is 47.2 Å². The fourth-order valence-corrected chi connectivity index (χ4v) is 18.0. The van der Waals surface area contributed by atoms with E-state index in [-0.39, 0.29) is 156 Å². The molecule has 6 aliphatic rings. The summed E-state index contributed by atoms with van der Waals surface area (Å²) in [6, 6.07) is 5.53. The molecule has 12 N–H and O–H groups in total. The zero-order valence-electron chi connectivity index (χ0n) is 58.3. The number of carbonyl (C=O) groups excluding carboxylic acids is 4. The minimum atomic E-state index is -1.58. The Hall–Kier alpha value is -4.78. The van der Waals surface area contributed by atoms with Crippen molar-refractivity contribution in [1.82, 2.24) is 41.2 Å². The number of H-pyrrole nitrogens is 1. The van der Waals surface area contributed by atoms with Gasteiger partial charge in [0.1, 0.15) is 6.04 Å². The lowest BCUT2D eigenvalue weighted by atomic mass is 9.78. The second-order valence-electron chi connectivity index (χ2n) is 29.2. The molecule has 25 nitrogen and oxygen atoms in total. The number of nitrogens with zero attached hydrogens (tertiary/aromatic N) is 3. The van der Waals surface area contributed by atoms with Gasteiger partial charge in [0, 0.05) is 85.5 Å². The zero-order chi connectivity index (χ0) is 69.4. The van der Waals surface area contributed by atoms with Crippen molar-refractivity contribution < 1.29 is 62.5 Å². The second kappa shape index (κ2) is 32.7. The van der Waals surface area contributed by atoms with Crippen LogP contribution in [0.3, 0.4) is 0 Å². The molecule has 22 atom stereocenters. The average Bonchev–Trinajstić information content (AvgIpc) is 1.56. The minimum absolute atomic E-state index is 0.0399. The number of nitrogens with two attached hydrogens (primary N) is 2. The van der Waals surface area contributed by atoms with E-state index < -0.39 is 41.0 Å². The number of aromatic amines is 1. The molecule has 3 aromatic rings. The van der Waals surface area contributed by atoms with Crippen LogP contribution in [-0.4, -0.2) is 182 Å². The third-order valence-electron chi connectivity index (χ3n) is 21.4. The number of carbonyl (C=O) groups is 4. The van der Waals surface area contributed by atoms with Crippen molar-refractivity contribution in [3.63, 3.8) is 0 Å². The predicted octanol–water partition coefficient (Wildman–Crippen LogP) is 6.67. The average molecular weight is 1380 g/mol. The van der Waals surface area contributed by atoms with E-state index >= 15 is 0 Å². The lowest BCUT2D eigenvalue weighted by Crippen LogP contribution is -2.58. The van der Waals surface area contributed by atoms with Crippen molar-refractivity contribution in [3.05, 3.63) is 52.1 Å². The Morgan fingerprint density at radius 2 is 1.60 bits per heavy atom. The van der Waals surface area contributed by atoms with E-state index in [0.29, 0.717) is 73.6 Å². The van der Waals surface area contributed by atoms with Gasteiger partial charge in [-0.3, -0.25) is 29.0 Å². The number of amides is 4. The van der Waals surface area contributed by atoms with E-state index in [4.69, 9.17) is 44.6 Å². The van der Waals surface area contributed by atoms with Gasteiger partial charge >= 0.3 is 0 Å². The summed E-state index contributed by atoms with van der Waals surface area (Å²) in [6.07, 6.45) is 8.27. The molecule has 0 aliphatic carbocycles. The van der Waals surface area contributed by atoms with E-state index in [2.05, 4.69) is 95.0 Å². The highest BCUT2D eigenvalue weighted by Gasteiger charge is 2.65. The molecule has 1 aromatic carbocycles. The summed E-state index contributed by atoms with van der Waals surface area (Å²) in [7, 11) is 4.99. The summed E-state index contributed by atoms with van der Waals surface area (Å²) in [5.41, 5.74) is 11.6. The van der Waals surface area contributed by atoms with Crippen LogP contribution in [-0.2, 0) is 54.1 Å². The molecule has 0 saturated carbocycles. The summed E-state index contributed by atoms with van der Waals surface area (Å²) in [6.45, 7) is 23.5. The number of nitrogens with one attached hydrogen (secondary N) is 6. The smallest absolute Gasteiger partial charge is 0.280 e. The van der Waals surface area contributed by atoms with Crippen molar-refractivity contribution in [2.75, 3.05) is 49.4 Å². The van der Waals surface area contributed by atoms with Crippen LogP contribution in [0.1, 0.15) is 176 Å². The topological polar surface area (TPSA) is 357 Å². The number of anilines is 2. The van der Waals surface area contributed by atoms with Crippen molar-refractivity contribution in [1.29, 1.82) is 0 Å². The highest BCUT2D eigenvalue weighted by atomic mass is 33.1. The number of aliphatic hydroxyl groups is 2. The standard InChI is InChI=1S/C69H109N11O14S2/c1-37-15-21-49(30-50-31-52(88-12)45(9)69(91-50)41(5)32-67(11,94-69)54-23-24-66(10,92-54)59-39(3)29-53(90-59)58-38(2)28-40(4)68(87,36-81)93-58)89-57(37)44(8)61(83)72-26-27-95-96-35-43(7)76-63(85)51(14-13-25-70)78-55(82)22-16-42(6)75-62(84)46-17-19-47(20-18-46)73-33-48-34-74-60-56(77-48)64(86)80-65(71)79-60/h17-20,34,37-45,49-54,57-59,73,81,87H,13-16,21-33,35-36,70H2,1-12H3,(H,72,83)(H,75,84)(H,76,85)(H,78,82)(H3,71,74,79,80,86)/t37-,38-,39-,40+,41+,42+,43+,44+,45+,49+,50+,51?,52+,53+,54?,57?,58+,59+,66-,67+,68-,69+/m0/s1. The van der Waals surface area contributed by atoms with Gasteiger partial charge in [0.05, 0.1) is 91.0 Å². The first-order chi connectivity index (χ1) is 45.6. The van der Waals surface area contributed by atoms with E-state index in [9.17, 15) is 34.2 Å². The number of hydrogen-bond donors (Lipinski definition) is 10. The van der Waals surface area contributed by atoms with Gasteiger partial charge in [-0.1, -0.05) is 70.1 Å². The summed E-state index contributed by atoms with van der Waals surface area (Å²) in [5.74, 6) is -2.27. The van der Waals surface area contributed by atoms with E-state index in [1.165, 1.54) is 6.20 Å². The van der Waals surface area contributed by atoms with Gasteiger partial charge in [0.2, 0.25) is 23.7 Å². The van der Waals surface area contributed by atoms with E-state index in [1.54, 1.807) is 53.0 Å². The molecular weight excluding hydrogens is 1270 g/mol. The summed E-state index contributed by atoms with van der Waals surface area (Å²) < 4.78 is 48.1. The van der Waals surface area contributed by atoms with Gasteiger partial charge in [0.25, 0.3) is 11.5 Å². The van der Waals surface area contributed by atoms with Crippen LogP contribution < -0.4 is 43.6 Å². The van der Waals surface area contributed by atoms with E-state index in [1.807, 2.05) is 27.7 Å². The van der Waals surface area contributed by atoms with Crippen LogP contribution in [0.15, 0.2) is 35.3 Å². The Morgan fingerprint density at radius 1 is 0.844 bits per heavy atom. The third-order valence-corrected chi connectivity index (χ3v) is 23.9. The summed E-state index contributed by atoms with van der Waals surface area (Å²) in [5, 5.41) is 36.4. The maximum atomic E-state index is 13.8. The SMILES string of the molecule is CO[C@@H]1C[C@@H](C[C@H]2CC[C@H](C)C([C@@H](C)C(=O)NCCSSC[C@@H](C)NC(=O)C(CCCN)NC(=O)CC[C@@H](C)NC(=O)c3ccc(NCc4cnc5nc(N)[nH]c(=O)c5n4)cc3)O2)O[C@]2(O[C@@](C)(C3CC[C@@](C)([C@@H]4O[C@@H]([C@@H]5O[C@@](O)(CO)[C@H](C)C[C@@H]5C)C[C@@H]4C)O3)C[C@H]2C)[C@@H]1C. The fourth-order valence-electron chi connectivity index (χ4n) is 15.8. The van der Waals surface area contributed by atoms with Crippen molar-refractivity contribution in [3.8, 4) is 0 Å². The number of ether oxygens (including phenoxy) is 7. The highest BCUT2D eigenvalue weighted by Crippen LogP contribution is 2.57. The molecule has 27 heteroatoms. The lowest BCUT2D eigenvalue weighted by molar-refractivity contribution is -0.353. The molecule has 1 spiro atoms. The largest absolute Gasteiger partial charge is 0.391 e. The number of rotatable bonds is 29. The molecule has 4 amide bonds. The van der Waals surface area contributed by atoms with Crippen LogP contribution in [0.25, 0.3) is 11.2 Å². The van der Waals surface area contributed by atoms with Crippen LogP contribution in [0.4, 0.5) is 11.6 Å². The van der Waals surface area contributed by atoms with Crippen molar-refractivity contribution >= 4 is 68.0 Å². The fraction of sp³-hybridized carbons (Fsp3) is 0.768. The number of methoxy groups -OCH3 is 1. The number of aromatic nitrogens is 4. The normalized spacial score (nSPS) is 35.1. The first kappa shape index (κ1) is 75.4. The number of nitrogen functional groups attached to an aromatic ring is 1. The Kier molecular flexibility index (Phi) is 25.7. The molecular formula is C69H109N11O14S2. The Balaban J connectivity index is 0.667. The number of hydrogen-bond acceptors (Lipinski definition) is 22. The number of benzene rings is 1. The van der Waals surface area contributed by atoms with E-state index in [0.717, 1.165) is 44.9 Å². The molecule has 0 radical (unpaired) electrons. The van der Waals surface area contributed by atoms with Gasteiger partial charge in [-0.2, -0.15) is 4.98 Å². The van der Waals surface area contributed by atoms with Gasteiger partial charge in [-0.05, 0) is 140 Å². The monoisotopic (exact) mass is 1380 g/mol. The Bertz CT molecular complexity index is 3180. The Morgan fingerprint density at radius 3 is 2.33 bits per heavy atom. The summed E-state index contributed by atoms with van der Waals surface area (Å²) >= 11 is 0. The molecule has 8 heterocycles. The first-order valence-electron chi connectivity index (χ1n) is 35.0. The molecule has 3 unspecified atom stereocenters. The summed E-state index contributed by atoms with van der Waals surface area (Å²) in [4.78, 5) is 80.8. The zero-order valence-corrected chi connectivity index (χ0v) is 60.0. The maximum absolute atomic E-state index is 13.8. The van der Waals surface area contributed by atoms with Gasteiger partial charge in [-0.25, -0.2) is 9.97 Å². The Labute approximate surface area is 573 Å². The molecule has 6 saturated heterocycles. The number of aliphatic hydroxyl groups excluding tert-OH is 1. The van der Waals surface area contributed by atoms with Crippen molar-refractivity contribution in [2.45, 2.75) is 256 Å². The minimum Gasteiger partial charge on any atom is -0.391 e. The van der Waals surface area contributed by atoms with Crippen LogP contribution >= 0.6 is 21.6 Å². The molecule has 9 rings (SSSR count). The molecule has 536 valence electrons. The maximum Gasteiger partial charge on any atom is 0.280 e. The second-order valence-corrected chi connectivity index (χ2v) is 31.9. The van der Waals surface area contributed by atoms with Gasteiger partial charge in [-0.15, -0.1) is 0 Å². The molecule has 2 aromatic heterocycles. The van der Waals surface area contributed by atoms with Crippen LogP contribution in [0, 0.1) is 41.4 Å². The van der Waals surface area contributed by atoms with Gasteiger partial charge in [0.15, 0.2) is 22.7 Å².